The SMILES string of the molecule is CCCCCCCOc1ccc(C(=O)Oc2ccc(-c3ncc(CCCCCCC)cn3)cc2)cc1C#N. The van der Waals surface area contributed by atoms with Crippen molar-refractivity contribution in [3.63, 3.8) is 0 Å². The molecule has 0 bridgehead atoms. The molecule has 6 nitrogen and oxygen atoms in total. The number of nitrogens with zero attached hydrogens (tertiary/aromatic N) is 3. The first-order valence-electron chi connectivity index (χ1n) is 13.9. The summed E-state index contributed by atoms with van der Waals surface area (Å²) in [7, 11) is 0. The van der Waals surface area contributed by atoms with Gasteiger partial charge in [0, 0.05) is 18.0 Å². The molecule has 0 amide bonds. The summed E-state index contributed by atoms with van der Waals surface area (Å²) in [6, 6.07) is 14.0. The van der Waals surface area contributed by atoms with Crippen LogP contribution in [0.15, 0.2) is 54.9 Å². The number of ether oxygens (including phenoxy) is 2. The van der Waals surface area contributed by atoms with Crippen LogP contribution in [0.25, 0.3) is 11.4 Å². The number of aromatic nitrogens is 2. The van der Waals surface area contributed by atoms with Gasteiger partial charge in [-0.2, -0.15) is 5.26 Å². The first-order valence-corrected chi connectivity index (χ1v) is 13.9. The van der Waals surface area contributed by atoms with Crippen molar-refractivity contribution in [2.75, 3.05) is 6.61 Å². The van der Waals surface area contributed by atoms with Gasteiger partial charge in [-0.3, -0.25) is 0 Å². The summed E-state index contributed by atoms with van der Waals surface area (Å²) in [5, 5.41) is 9.52. The zero-order valence-corrected chi connectivity index (χ0v) is 22.7. The predicted molar refractivity (Wildman–Crippen MR) is 150 cm³/mol. The van der Waals surface area contributed by atoms with Crippen LogP contribution < -0.4 is 9.47 Å². The zero-order valence-electron chi connectivity index (χ0n) is 22.7. The largest absolute Gasteiger partial charge is 0.492 e. The van der Waals surface area contributed by atoms with E-state index in [4.69, 9.17) is 9.47 Å². The summed E-state index contributed by atoms with van der Waals surface area (Å²) in [6.07, 6.45) is 16.7. The Labute approximate surface area is 227 Å². The average molecular weight is 514 g/mol. The smallest absolute Gasteiger partial charge is 0.343 e. The molecule has 0 saturated heterocycles. The van der Waals surface area contributed by atoms with E-state index >= 15 is 0 Å². The van der Waals surface area contributed by atoms with Gasteiger partial charge >= 0.3 is 5.97 Å². The molecule has 0 atom stereocenters. The van der Waals surface area contributed by atoms with Crippen molar-refractivity contribution in [1.82, 2.24) is 9.97 Å². The summed E-state index contributed by atoms with van der Waals surface area (Å²) in [5.41, 5.74) is 2.62. The minimum atomic E-state index is -0.528. The number of unbranched alkanes of at least 4 members (excludes halogenated alkanes) is 8. The summed E-state index contributed by atoms with van der Waals surface area (Å²) in [6.45, 7) is 4.96. The van der Waals surface area contributed by atoms with Crippen molar-refractivity contribution < 1.29 is 14.3 Å². The molecule has 3 aromatic rings. The summed E-state index contributed by atoms with van der Waals surface area (Å²) in [5.74, 6) is 1.01. The molecule has 0 N–H and O–H groups in total. The van der Waals surface area contributed by atoms with Gasteiger partial charge in [0.2, 0.25) is 0 Å². The van der Waals surface area contributed by atoms with E-state index in [2.05, 4.69) is 29.9 Å². The molecule has 200 valence electrons. The predicted octanol–water partition coefficient (Wildman–Crippen LogP) is 8.10. The molecule has 1 heterocycles. The van der Waals surface area contributed by atoms with Gasteiger partial charge in [0.05, 0.1) is 17.7 Å². The highest BCUT2D eigenvalue weighted by atomic mass is 16.5. The van der Waals surface area contributed by atoms with E-state index in [1.807, 2.05) is 24.5 Å². The Morgan fingerprint density at radius 2 is 1.50 bits per heavy atom. The fraction of sp³-hybridized carbons (Fsp3) is 0.438. The topological polar surface area (TPSA) is 85.1 Å². The number of hydrogen-bond donors (Lipinski definition) is 0. The maximum atomic E-state index is 12.7. The number of hydrogen-bond acceptors (Lipinski definition) is 6. The number of rotatable bonds is 16. The quantitative estimate of drug-likeness (QED) is 0.109. The Morgan fingerprint density at radius 1 is 0.842 bits per heavy atom. The molecule has 0 aliphatic heterocycles. The van der Waals surface area contributed by atoms with Crippen LogP contribution in [0.5, 0.6) is 11.5 Å². The van der Waals surface area contributed by atoms with E-state index in [0.717, 1.165) is 36.8 Å². The molecule has 0 fully saturated rings. The lowest BCUT2D eigenvalue weighted by Crippen LogP contribution is -2.09. The lowest BCUT2D eigenvalue weighted by atomic mass is 10.1. The number of esters is 1. The van der Waals surface area contributed by atoms with Gasteiger partial charge < -0.3 is 9.47 Å². The van der Waals surface area contributed by atoms with Crippen LogP contribution in [0.3, 0.4) is 0 Å². The van der Waals surface area contributed by atoms with Crippen molar-refractivity contribution >= 4 is 5.97 Å². The van der Waals surface area contributed by atoms with Gasteiger partial charge in [-0.25, -0.2) is 14.8 Å². The third-order valence-corrected chi connectivity index (χ3v) is 6.44. The van der Waals surface area contributed by atoms with Crippen LogP contribution in [0.2, 0.25) is 0 Å². The molecule has 2 aromatic carbocycles. The Hall–Kier alpha value is -3.72. The third-order valence-electron chi connectivity index (χ3n) is 6.44. The molecule has 38 heavy (non-hydrogen) atoms. The summed E-state index contributed by atoms with van der Waals surface area (Å²) in [4.78, 5) is 21.7. The maximum absolute atomic E-state index is 12.7. The standard InChI is InChI=1S/C32H39N3O3/c1-3-5-7-9-11-13-25-23-34-31(35-24-25)26-14-17-29(18-15-26)38-32(36)27-16-19-30(28(21-27)22-33)37-20-12-10-8-6-4-2/h14-19,21,23-24H,3-13,20H2,1-2H3. The lowest BCUT2D eigenvalue weighted by Gasteiger charge is -2.10. The second-order valence-corrected chi connectivity index (χ2v) is 9.58. The van der Waals surface area contributed by atoms with Gasteiger partial charge in [0.1, 0.15) is 17.6 Å². The van der Waals surface area contributed by atoms with E-state index in [1.54, 1.807) is 24.3 Å². The summed E-state index contributed by atoms with van der Waals surface area (Å²) < 4.78 is 11.3. The maximum Gasteiger partial charge on any atom is 0.343 e. The van der Waals surface area contributed by atoms with E-state index < -0.39 is 5.97 Å². The van der Waals surface area contributed by atoms with Crippen LogP contribution in [-0.4, -0.2) is 22.5 Å². The molecular formula is C32H39N3O3. The van der Waals surface area contributed by atoms with Gasteiger partial charge in [0.25, 0.3) is 0 Å². The molecule has 0 saturated carbocycles. The molecule has 0 radical (unpaired) electrons. The van der Waals surface area contributed by atoms with Crippen molar-refractivity contribution in [3.05, 3.63) is 71.5 Å². The van der Waals surface area contributed by atoms with Gasteiger partial charge in [0.15, 0.2) is 5.82 Å². The Morgan fingerprint density at radius 3 is 2.16 bits per heavy atom. The fourth-order valence-electron chi connectivity index (χ4n) is 4.16. The molecule has 3 rings (SSSR count). The first-order chi connectivity index (χ1) is 18.6. The lowest BCUT2D eigenvalue weighted by molar-refractivity contribution is 0.0734. The summed E-state index contributed by atoms with van der Waals surface area (Å²) >= 11 is 0. The van der Waals surface area contributed by atoms with E-state index in [0.29, 0.717) is 35.1 Å². The molecule has 0 unspecified atom stereocenters. The molecule has 0 aliphatic rings. The second kappa shape index (κ2) is 16.2. The highest BCUT2D eigenvalue weighted by Gasteiger charge is 2.13. The number of carbonyl (C=O) groups is 1. The molecule has 0 aliphatic carbocycles. The molecular weight excluding hydrogens is 474 g/mol. The molecule has 1 aromatic heterocycles. The monoisotopic (exact) mass is 513 g/mol. The fourth-order valence-corrected chi connectivity index (χ4v) is 4.16. The van der Waals surface area contributed by atoms with Gasteiger partial charge in [-0.15, -0.1) is 0 Å². The third kappa shape index (κ3) is 9.30. The van der Waals surface area contributed by atoms with Crippen molar-refractivity contribution in [2.24, 2.45) is 0 Å². The Bertz CT molecular complexity index is 1170. The van der Waals surface area contributed by atoms with Crippen LogP contribution in [0, 0.1) is 11.3 Å². The van der Waals surface area contributed by atoms with Crippen molar-refractivity contribution in [3.8, 4) is 29.0 Å². The van der Waals surface area contributed by atoms with Gasteiger partial charge in [-0.05, 0) is 67.3 Å². The number of benzene rings is 2. The van der Waals surface area contributed by atoms with E-state index in [1.165, 1.54) is 51.0 Å². The minimum absolute atomic E-state index is 0.300. The number of nitriles is 1. The minimum Gasteiger partial charge on any atom is -0.492 e. The zero-order chi connectivity index (χ0) is 27.0. The van der Waals surface area contributed by atoms with E-state index in [9.17, 15) is 10.1 Å². The van der Waals surface area contributed by atoms with Crippen molar-refractivity contribution in [2.45, 2.75) is 84.5 Å². The van der Waals surface area contributed by atoms with Crippen LogP contribution >= 0.6 is 0 Å². The van der Waals surface area contributed by atoms with Crippen molar-refractivity contribution in [1.29, 1.82) is 5.26 Å². The van der Waals surface area contributed by atoms with Crippen LogP contribution in [0.4, 0.5) is 0 Å². The normalized spacial score (nSPS) is 10.7. The molecule has 0 spiro atoms. The van der Waals surface area contributed by atoms with Crippen LogP contribution in [0.1, 0.15) is 99.5 Å². The highest BCUT2D eigenvalue weighted by molar-refractivity contribution is 5.91. The Kier molecular flexibility index (Phi) is 12.3. The van der Waals surface area contributed by atoms with E-state index in [-0.39, 0.29) is 0 Å². The average Bonchev–Trinajstić information content (AvgIpc) is 2.95. The van der Waals surface area contributed by atoms with Crippen LogP contribution in [-0.2, 0) is 6.42 Å². The number of aryl methyl sites for hydroxylation is 1. The Balaban J connectivity index is 1.52. The molecule has 6 heteroatoms. The number of carbonyl (C=O) groups excluding carboxylic acids is 1. The highest BCUT2D eigenvalue weighted by Crippen LogP contribution is 2.23. The second-order valence-electron chi connectivity index (χ2n) is 9.58. The first kappa shape index (κ1) is 28.8. The van der Waals surface area contributed by atoms with Gasteiger partial charge in [-0.1, -0.05) is 65.2 Å².